The summed E-state index contributed by atoms with van der Waals surface area (Å²) in [6.07, 6.45) is 1.45. The van der Waals surface area contributed by atoms with Gasteiger partial charge in [0.15, 0.2) is 0 Å². The summed E-state index contributed by atoms with van der Waals surface area (Å²) >= 11 is 0. The van der Waals surface area contributed by atoms with Gasteiger partial charge in [0, 0.05) is 20.0 Å². The molecular weight excluding hydrogens is 470 g/mol. The van der Waals surface area contributed by atoms with Gasteiger partial charge in [0.25, 0.3) is 5.91 Å². The number of sulfonamides is 1. The lowest BCUT2D eigenvalue weighted by Crippen LogP contribution is -2.65. The summed E-state index contributed by atoms with van der Waals surface area (Å²) < 4.78 is 33.9. The summed E-state index contributed by atoms with van der Waals surface area (Å²) in [5.41, 5.74) is 4.42. The molecule has 9 nitrogen and oxygen atoms in total. The number of carbonyl (C=O) groups is 2. The van der Waals surface area contributed by atoms with Crippen molar-refractivity contribution in [2.75, 3.05) is 19.7 Å². The molecule has 2 aromatic carbocycles. The lowest BCUT2D eigenvalue weighted by atomic mass is 10.0. The molecule has 1 fully saturated rings. The molecule has 2 amide bonds. The molecule has 1 N–H and O–H groups in total. The van der Waals surface area contributed by atoms with Crippen molar-refractivity contribution in [3.63, 3.8) is 0 Å². The third-order valence-electron chi connectivity index (χ3n) is 5.82. The average Bonchev–Trinajstić information content (AvgIpc) is 2.83. The minimum absolute atomic E-state index is 0.0217. The molecule has 0 unspecified atom stereocenters. The molecular formula is C25H31N3O6S. The van der Waals surface area contributed by atoms with E-state index in [2.05, 4.69) is 12.1 Å². The summed E-state index contributed by atoms with van der Waals surface area (Å²) in [5.74, 6) is -0.382. The van der Waals surface area contributed by atoms with Crippen molar-refractivity contribution in [3.8, 4) is 5.75 Å². The van der Waals surface area contributed by atoms with E-state index in [-0.39, 0.29) is 30.5 Å². The standard InChI is InChI=1S/C25H31N3O6S/c1-5-16-34-26-25(30)24-19(3)27(20(4)29)14-15-28(24)35(31,32)23-12-10-22(11-13-23)33-17-21-8-6-18(2)7-9-21/h5-13,19,24H,1,14-17H2,2-4H3,(H,26,30)/t19-,24+/m1/s1. The summed E-state index contributed by atoms with van der Waals surface area (Å²) in [4.78, 5) is 31.5. The lowest BCUT2D eigenvalue weighted by molar-refractivity contribution is -0.144. The van der Waals surface area contributed by atoms with Gasteiger partial charge in [-0.25, -0.2) is 13.9 Å². The SMILES string of the molecule is C=CCONC(=O)[C@@H]1[C@@H](C)N(C(C)=O)CCN1S(=O)(=O)c1ccc(OCc2ccc(C)cc2)cc1. The summed E-state index contributed by atoms with van der Waals surface area (Å²) in [6.45, 7) is 9.09. The monoisotopic (exact) mass is 501 g/mol. The maximum atomic E-state index is 13.5. The van der Waals surface area contributed by atoms with Crippen molar-refractivity contribution >= 4 is 21.8 Å². The molecule has 1 aliphatic heterocycles. The van der Waals surface area contributed by atoms with Gasteiger partial charge < -0.3 is 9.64 Å². The molecule has 0 bridgehead atoms. The third-order valence-corrected chi connectivity index (χ3v) is 7.72. The van der Waals surface area contributed by atoms with E-state index in [0.29, 0.717) is 12.4 Å². The predicted octanol–water partition coefficient (Wildman–Crippen LogP) is 2.42. The lowest BCUT2D eigenvalue weighted by Gasteiger charge is -2.44. The Hall–Kier alpha value is -3.21. The van der Waals surface area contributed by atoms with E-state index < -0.39 is 28.0 Å². The van der Waals surface area contributed by atoms with Gasteiger partial charge in [0.05, 0.1) is 17.5 Å². The van der Waals surface area contributed by atoms with Gasteiger partial charge in [-0.2, -0.15) is 4.31 Å². The first kappa shape index (κ1) is 26.4. The number of benzene rings is 2. The highest BCUT2D eigenvalue weighted by molar-refractivity contribution is 7.89. The molecule has 35 heavy (non-hydrogen) atoms. The first-order chi connectivity index (χ1) is 16.6. The molecule has 1 heterocycles. The van der Waals surface area contributed by atoms with E-state index in [4.69, 9.17) is 9.57 Å². The van der Waals surface area contributed by atoms with Crippen molar-refractivity contribution < 1.29 is 27.6 Å². The smallest absolute Gasteiger partial charge is 0.264 e. The van der Waals surface area contributed by atoms with Crippen molar-refractivity contribution in [2.24, 2.45) is 0 Å². The molecule has 1 aliphatic rings. The number of rotatable bonds is 9. The first-order valence-corrected chi connectivity index (χ1v) is 12.7. The molecule has 3 rings (SSSR count). The number of nitrogens with one attached hydrogen (secondary N) is 1. The Balaban J connectivity index is 1.79. The van der Waals surface area contributed by atoms with E-state index in [0.717, 1.165) is 15.4 Å². The second kappa shape index (κ2) is 11.5. The van der Waals surface area contributed by atoms with Crippen LogP contribution in [0.1, 0.15) is 25.0 Å². The Morgan fingerprint density at radius 2 is 1.77 bits per heavy atom. The van der Waals surface area contributed by atoms with Crippen molar-refractivity contribution in [3.05, 3.63) is 72.3 Å². The average molecular weight is 502 g/mol. The Kier molecular flexibility index (Phi) is 8.66. The number of piperazine rings is 1. The summed E-state index contributed by atoms with van der Waals surface area (Å²) in [5, 5.41) is 0. The number of hydroxylamine groups is 1. The Labute approximate surface area is 206 Å². The largest absolute Gasteiger partial charge is 0.489 e. The number of hydrogen-bond acceptors (Lipinski definition) is 6. The van der Waals surface area contributed by atoms with E-state index in [1.165, 1.54) is 30.0 Å². The van der Waals surface area contributed by atoms with E-state index in [9.17, 15) is 18.0 Å². The van der Waals surface area contributed by atoms with Crippen LogP contribution in [0.2, 0.25) is 0 Å². The van der Waals surface area contributed by atoms with E-state index in [1.54, 1.807) is 19.1 Å². The van der Waals surface area contributed by atoms with Gasteiger partial charge in [-0.3, -0.25) is 14.4 Å². The number of amides is 2. The highest BCUT2D eigenvalue weighted by Gasteiger charge is 2.45. The van der Waals surface area contributed by atoms with Gasteiger partial charge in [0.2, 0.25) is 15.9 Å². The summed E-state index contributed by atoms with van der Waals surface area (Å²) in [6, 6.07) is 12.1. The quantitative estimate of drug-likeness (QED) is 0.321. The Bertz CT molecular complexity index is 1150. The minimum Gasteiger partial charge on any atom is -0.489 e. The van der Waals surface area contributed by atoms with Crippen molar-refractivity contribution in [1.29, 1.82) is 0 Å². The molecule has 0 spiro atoms. The second-order valence-corrected chi connectivity index (χ2v) is 10.2. The van der Waals surface area contributed by atoms with E-state index >= 15 is 0 Å². The maximum absolute atomic E-state index is 13.5. The van der Waals surface area contributed by atoms with Gasteiger partial charge in [0.1, 0.15) is 18.4 Å². The van der Waals surface area contributed by atoms with Crippen LogP contribution >= 0.6 is 0 Å². The van der Waals surface area contributed by atoms with Crippen molar-refractivity contribution in [1.82, 2.24) is 14.7 Å². The first-order valence-electron chi connectivity index (χ1n) is 11.2. The molecule has 2 atom stereocenters. The van der Waals surface area contributed by atoms with Gasteiger partial charge in [-0.15, -0.1) is 6.58 Å². The minimum atomic E-state index is -4.05. The molecule has 0 aromatic heterocycles. The molecule has 0 saturated carbocycles. The molecule has 10 heteroatoms. The Morgan fingerprint density at radius 1 is 1.11 bits per heavy atom. The fourth-order valence-corrected chi connectivity index (χ4v) is 5.59. The fourth-order valence-electron chi connectivity index (χ4n) is 3.95. The van der Waals surface area contributed by atoms with Crippen LogP contribution in [0.25, 0.3) is 0 Å². The number of aryl methyl sites for hydroxylation is 1. The van der Waals surface area contributed by atoms with Crippen LogP contribution in [-0.2, 0) is 31.1 Å². The van der Waals surface area contributed by atoms with Crippen LogP contribution < -0.4 is 10.2 Å². The zero-order valence-electron chi connectivity index (χ0n) is 20.1. The zero-order valence-corrected chi connectivity index (χ0v) is 21.0. The molecule has 188 valence electrons. The van der Waals surface area contributed by atoms with Crippen LogP contribution in [-0.4, -0.2) is 61.2 Å². The zero-order chi connectivity index (χ0) is 25.6. The molecule has 0 aliphatic carbocycles. The number of carbonyl (C=O) groups excluding carboxylic acids is 2. The highest BCUT2D eigenvalue weighted by Crippen LogP contribution is 2.27. The maximum Gasteiger partial charge on any atom is 0.264 e. The van der Waals surface area contributed by atoms with Gasteiger partial charge in [-0.05, 0) is 43.7 Å². The van der Waals surface area contributed by atoms with Crippen LogP contribution in [0.3, 0.4) is 0 Å². The number of nitrogens with zero attached hydrogens (tertiary/aromatic N) is 2. The fraction of sp³-hybridized carbons (Fsp3) is 0.360. The van der Waals surface area contributed by atoms with Gasteiger partial charge in [-0.1, -0.05) is 35.9 Å². The van der Waals surface area contributed by atoms with Crippen LogP contribution in [0.5, 0.6) is 5.75 Å². The number of hydrogen-bond donors (Lipinski definition) is 1. The summed E-state index contributed by atoms with van der Waals surface area (Å²) in [7, 11) is -4.05. The molecule has 2 aromatic rings. The molecule has 1 saturated heterocycles. The Morgan fingerprint density at radius 3 is 2.37 bits per heavy atom. The second-order valence-electron chi connectivity index (χ2n) is 8.33. The van der Waals surface area contributed by atoms with Crippen LogP contribution in [0.4, 0.5) is 0 Å². The third kappa shape index (κ3) is 6.27. The van der Waals surface area contributed by atoms with Crippen molar-refractivity contribution in [2.45, 2.75) is 44.4 Å². The van der Waals surface area contributed by atoms with Crippen LogP contribution in [0.15, 0.2) is 66.1 Å². The van der Waals surface area contributed by atoms with Gasteiger partial charge >= 0.3 is 0 Å². The highest BCUT2D eigenvalue weighted by atomic mass is 32.2. The van der Waals surface area contributed by atoms with Crippen LogP contribution in [0, 0.1) is 6.92 Å². The topological polar surface area (TPSA) is 105 Å². The van der Waals surface area contributed by atoms with E-state index in [1.807, 2.05) is 31.2 Å². The normalized spacial score (nSPS) is 18.7. The predicted molar refractivity (Wildman–Crippen MR) is 131 cm³/mol. The number of ether oxygens (including phenoxy) is 1. The molecule has 0 radical (unpaired) electrons.